The number of aromatic nitrogens is 1. The molecule has 8 heteroatoms. The predicted octanol–water partition coefficient (Wildman–Crippen LogP) is 5.21. The molecule has 0 radical (unpaired) electrons. The molecule has 7 nitrogen and oxygen atoms in total. The fourth-order valence-electron chi connectivity index (χ4n) is 3.74. The Balaban J connectivity index is 1.74. The van der Waals surface area contributed by atoms with Gasteiger partial charge in [-0.2, -0.15) is 4.31 Å². The molecule has 0 aliphatic carbocycles. The summed E-state index contributed by atoms with van der Waals surface area (Å²) < 4.78 is 34.0. The largest absolute Gasteiger partial charge is 0.475 e. The van der Waals surface area contributed by atoms with Gasteiger partial charge in [0, 0.05) is 30.9 Å². The number of hydrogen-bond acceptors (Lipinski definition) is 5. The zero-order valence-electron chi connectivity index (χ0n) is 19.2. The second-order valence-corrected chi connectivity index (χ2v) is 11.1. The number of sulfonamides is 1. The molecule has 0 bridgehead atoms. The maximum atomic E-state index is 13.6. The first-order valence-corrected chi connectivity index (χ1v) is 12.2. The number of benzene rings is 2. The van der Waals surface area contributed by atoms with E-state index >= 15 is 0 Å². The number of rotatable bonds is 7. The molecule has 0 atom stereocenters. The minimum Gasteiger partial charge on any atom is -0.475 e. The molecule has 0 saturated carbocycles. The summed E-state index contributed by atoms with van der Waals surface area (Å²) >= 11 is 0. The second kappa shape index (κ2) is 9.04. The number of fused-ring (bicyclic) bond motifs is 1. The van der Waals surface area contributed by atoms with Gasteiger partial charge in [0.05, 0.1) is 0 Å². The Labute approximate surface area is 198 Å². The van der Waals surface area contributed by atoms with Gasteiger partial charge in [0.2, 0.25) is 15.8 Å². The molecule has 2 aromatic heterocycles. The first kappa shape index (κ1) is 23.7. The molecule has 1 N–H and O–H groups in total. The van der Waals surface area contributed by atoms with Crippen LogP contribution < -0.4 is 0 Å². The lowest BCUT2D eigenvalue weighted by atomic mass is 9.87. The number of carbonyl (C=O) groups is 1. The minimum atomic E-state index is -3.89. The smallest absolute Gasteiger partial charge is 0.371 e. The summed E-state index contributed by atoms with van der Waals surface area (Å²) in [5.41, 5.74) is 3.02. The lowest BCUT2D eigenvalue weighted by Gasteiger charge is -2.24. The van der Waals surface area contributed by atoms with Gasteiger partial charge in [-0.1, -0.05) is 57.2 Å². The van der Waals surface area contributed by atoms with E-state index in [0.29, 0.717) is 16.5 Å². The minimum absolute atomic E-state index is 0.0151. The van der Waals surface area contributed by atoms with E-state index in [1.807, 2.05) is 24.3 Å². The third-order valence-corrected chi connectivity index (χ3v) is 7.44. The molecular formula is C26H26N2O5S. The highest BCUT2D eigenvalue weighted by Gasteiger charge is 2.27. The number of aromatic carboxylic acids is 1. The van der Waals surface area contributed by atoms with Crippen LogP contribution in [0.1, 0.15) is 48.0 Å². The van der Waals surface area contributed by atoms with Gasteiger partial charge in [0.25, 0.3) is 0 Å². The Morgan fingerprint density at radius 3 is 2.38 bits per heavy atom. The van der Waals surface area contributed by atoms with Gasteiger partial charge in [0.1, 0.15) is 10.5 Å². The van der Waals surface area contributed by atoms with Crippen LogP contribution in [0.25, 0.3) is 11.0 Å². The zero-order valence-corrected chi connectivity index (χ0v) is 20.0. The molecule has 0 unspecified atom stereocenters. The van der Waals surface area contributed by atoms with Crippen molar-refractivity contribution in [1.29, 1.82) is 0 Å². The third-order valence-electron chi connectivity index (χ3n) is 5.66. The summed E-state index contributed by atoms with van der Waals surface area (Å²) in [6, 6.07) is 17.6. The maximum absolute atomic E-state index is 13.6. The van der Waals surface area contributed by atoms with Crippen LogP contribution in [0.5, 0.6) is 0 Å². The van der Waals surface area contributed by atoms with Crippen molar-refractivity contribution < 1.29 is 22.7 Å². The van der Waals surface area contributed by atoms with Crippen molar-refractivity contribution in [3.8, 4) is 0 Å². The van der Waals surface area contributed by atoms with E-state index in [0.717, 1.165) is 11.1 Å². The van der Waals surface area contributed by atoms with Crippen molar-refractivity contribution in [2.75, 3.05) is 0 Å². The van der Waals surface area contributed by atoms with Crippen molar-refractivity contribution in [2.45, 2.75) is 44.2 Å². The molecule has 4 aromatic rings. The third kappa shape index (κ3) is 4.88. The molecule has 0 saturated heterocycles. The summed E-state index contributed by atoms with van der Waals surface area (Å²) in [5.74, 6) is -1.37. The number of nitrogens with zero attached hydrogens (tertiary/aromatic N) is 2. The van der Waals surface area contributed by atoms with Crippen LogP contribution in [-0.4, -0.2) is 28.8 Å². The quantitative estimate of drug-likeness (QED) is 0.391. The highest BCUT2D eigenvalue weighted by atomic mass is 32.2. The average Bonchev–Trinajstić information content (AvgIpc) is 3.25. The zero-order chi connectivity index (χ0) is 24.5. The molecule has 2 heterocycles. The van der Waals surface area contributed by atoms with Gasteiger partial charge in [0.15, 0.2) is 0 Å². The Bertz CT molecular complexity index is 1420. The maximum Gasteiger partial charge on any atom is 0.371 e. The standard InChI is InChI=1S/C26H26N2O5S/c1-26(2,3)20-11-9-18(10-12-20)16-28(34(31,32)21-7-5-13-27-15-21)17-19-6-4-8-23-22(19)14-24(33-23)25(29)30/h4-15H,16-17H2,1-3H3,(H,29,30). The van der Waals surface area contributed by atoms with Gasteiger partial charge in [-0.15, -0.1) is 0 Å². The van der Waals surface area contributed by atoms with Gasteiger partial charge in [-0.3, -0.25) is 4.98 Å². The van der Waals surface area contributed by atoms with Gasteiger partial charge in [-0.05, 0) is 46.4 Å². The lowest BCUT2D eigenvalue weighted by Crippen LogP contribution is -2.30. The molecule has 2 aromatic carbocycles. The lowest BCUT2D eigenvalue weighted by molar-refractivity contribution is 0.0665. The summed E-state index contributed by atoms with van der Waals surface area (Å²) in [4.78, 5) is 15.4. The van der Waals surface area contributed by atoms with E-state index in [4.69, 9.17) is 4.42 Å². The van der Waals surface area contributed by atoms with Crippen LogP contribution in [0.2, 0.25) is 0 Å². The van der Waals surface area contributed by atoms with Gasteiger partial charge < -0.3 is 9.52 Å². The van der Waals surface area contributed by atoms with E-state index in [-0.39, 0.29) is 29.2 Å². The van der Waals surface area contributed by atoms with Gasteiger partial charge >= 0.3 is 5.97 Å². The Morgan fingerprint density at radius 2 is 1.76 bits per heavy atom. The van der Waals surface area contributed by atoms with Crippen molar-refractivity contribution in [2.24, 2.45) is 0 Å². The second-order valence-electron chi connectivity index (χ2n) is 9.15. The fourth-order valence-corrected chi connectivity index (χ4v) is 5.11. The fraction of sp³-hybridized carbons (Fsp3) is 0.231. The molecule has 0 spiro atoms. The van der Waals surface area contributed by atoms with Crippen molar-refractivity contribution in [3.05, 3.63) is 95.5 Å². The first-order valence-electron chi connectivity index (χ1n) is 10.8. The van der Waals surface area contributed by atoms with Crippen molar-refractivity contribution >= 4 is 27.0 Å². The highest BCUT2D eigenvalue weighted by Crippen LogP contribution is 2.28. The van der Waals surface area contributed by atoms with E-state index in [2.05, 4.69) is 25.8 Å². The molecule has 0 aliphatic heterocycles. The predicted molar refractivity (Wildman–Crippen MR) is 129 cm³/mol. The van der Waals surface area contributed by atoms with Crippen LogP contribution >= 0.6 is 0 Å². The molecule has 0 amide bonds. The van der Waals surface area contributed by atoms with Crippen LogP contribution in [-0.2, 0) is 28.5 Å². The Morgan fingerprint density at radius 1 is 1.03 bits per heavy atom. The topological polar surface area (TPSA) is 101 Å². The monoisotopic (exact) mass is 478 g/mol. The molecule has 176 valence electrons. The summed E-state index contributed by atoms with van der Waals surface area (Å²) in [7, 11) is -3.89. The first-order chi connectivity index (χ1) is 16.1. The summed E-state index contributed by atoms with van der Waals surface area (Å²) in [5, 5.41) is 9.87. The van der Waals surface area contributed by atoms with E-state index < -0.39 is 16.0 Å². The number of carboxylic acid groups (broad SMARTS) is 1. The number of pyridine rings is 1. The van der Waals surface area contributed by atoms with E-state index in [1.165, 1.54) is 28.8 Å². The molecule has 4 rings (SSSR count). The Kier molecular flexibility index (Phi) is 6.29. The molecule has 0 aliphatic rings. The van der Waals surface area contributed by atoms with E-state index in [1.54, 1.807) is 24.3 Å². The van der Waals surface area contributed by atoms with Crippen LogP contribution in [0.3, 0.4) is 0 Å². The van der Waals surface area contributed by atoms with Crippen LogP contribution in [0, 0.1) is 0 Å². The average molecular weight is 479 g/mol. The normalized spacial score (nSPS) is 12.4. The summed E-state index contributed by atoms with van der Waals surface area (Å²) in [6.07, 6.45) is 2.85. The Hall–Kier alpha value is -3.49. The van der Waals surface area contributed by atoms with Crippen molar-refractivity contribution in [1.82, 2.24) is 9.29 Å². The molecule has 34 heavy (non-hydrogen) atoms. The van der Waals surface area contributed by atoms with Gasteiger partial charge in [-0.25, -0.2) is 13.2 Å². The van der Waals surface area contributed by atoms with E-state index in [9.17, 15) is 18.3 Å². The van der Waals surface area contributed by atoms with Crippen LogP contribution in [0.15, 0.2) is 82.4 Å². The van der Waals surface area contributed by atoms with Crippen LogP contribution in [0.4, 0.5) is 0 Å². The molecule has 0 fully saturated rings. The SMILES string of the molecule is CC(C)(C)c1ccc(CN(Cc2cccc3oc(C(=O)O)cc23)S(=O)(=O)c2cccnc2)cc1. The number of furan rings is 1. The number of hydrogen-bond donors (Lipinski definition) is 1. The number of carboxylic acids is 1. The highest BCUT2D eigenvalue weighted by molar-refractivity contribution is 7.89. The summed E-state index contributed by atoms with van der Waals surface area (Å²) in [6.45, 7) is 6.55. The molecular weight excluding hydrogens is 452 g/mol. The van der Waals surface area contributed by atoms with Crippen molar-refractivity contribution in [3.63, 3.8) is 0 Å².